The normalized spacial score (nSPS) is 13.3. The number of hydrogen-bond donors (Lipinski definition) is 0. The number of carbonyl (C=O) groups is 1. The summed E-state index contributed by atoms with van der Waals surface area (Å²) in [4.78, 5) is 11.3. The Bertz CT molecular complexity index is 418. The van der Waals surface area contributed by atoms with Crippen molar-refractivity contribution in [3.8, 4) is 0 Å². The molecule has 1 aromatic rings. The summed E-state index contributed by atoms with van der Waals surface area (Å²) < 4.78 is 0. The monoisotopic (exact) mass is 260 g/mol. The fourth-order valence-electron chi connectivity index (χ4n) is 2.82. The fourth-order valence-corrected chi connectivity index (χ4v) is 2.82. The highest BCUT2D eigenvalue weighted by Gasteiger charge is 2.26. The molecule has 1 rings (SSSR count). The van der Waals surface area contributed by atoms with Crippen molar-refractivity contribution in [2.24, 2.45) is 11.3 Å². The highest BCUT2D eigenvalue weighted by molar-refractivity contribution is 5.78. The van der Waals surface area contributed by atoms with Gasteiger partial charge in [-0.05, 0) is 41.7 Å². The van der Waals surface area contributed by atoms with Crippen molar-refractivity contribution >= 4 is 6.29 Å². The van der Waals surface area contributed by atoms with Crippen LogP contribution >= 0.6 is 0 Å². The fraction of sp³-hybridized carbons (Fsp3) is 0.611. The third-order valence-corrected chi connectivity index (χ3v) is 4.56. The second kappa shape index (κ2) is 6.88. The number of aryl methyl sites for hydroxylation is 1. The van der Waals surface area contributed by atoms with Crippen LogP contribution in [0.5, 0.6) is 0 Å². The highest BCUT2D eigenvalue weighted by Crippen LogP contribution is 2.35. The number of rotatable bonds is 7. The summed E-state index contributed by atoms with van der Waals surface area (Å²) in [5, 5.41) is 0. The molecule has 0 aromatic heterocycles. The molecule has 1 atom stereocenters. The van der Waals surface area contributed by atoms with Crippen molar-refractivity contribution in [2.45, 2.75) is 60.3 Å². The molecule has 0 aliphatic heterocycles. The lowest BCUT2D eigenvalue weighted by Crippen LogP contribution is -2.24. The number of hydrogen-bond acceptors (Lipinski definition) is 1. The van der Waals surface area contributed by atoms with E-state index in [4.69, 9.17) is 0 Å². The third-order valence-electron chi connectivity index (χ3n) is 4.56. The molecule has 0 saturated carbocycles. The van der Waals surface area contributed by atoms with Crippen LogP contribution in [0, 0.1) is 11.3 Å². The molecule has 0 radical (unpaired) electrons. The summed E-state index contributed by atoms with van der Waals surface area (Å²) >= 11 is 0. The Kier molecular flexibility index (Phi) is 5.78. The Morgan fingerprint density at radius 3 is 2.47 bits per heavy atom. The summed E-state index contributed by atoms with van der Waals surface area (Å²) in [6, 6.07) is 6.09. The van der Waals surface area contributed by atoms with E-state index in [1.165, 1.54) is 24.0 Å². The van der Waals surface area contributed by atoms with Gasteiger partial charge in [0.25, 0.3) is 0 Å². The predicted octanol–water partition coefficient (Wildman–Crippen LogP) is 5.07. The van der Waals surface area contributed by atoms with Gasteiger partial charge in [0, 0.05) is 5.56 Å². The zero-order valence-electron chi connectivity index (χ0n) is 13.1. The minimum absolute atomic E-state index is 0.329. The zero-order chi connectivity index (χ0) is 14.5. The van der Waals surface area contributed by atoms with Gasteiger partial charge >= 0.3 is 0 Å². The van der Waals surface area contributed by atoms with Crippen LogP contribution in [-0.2, 0) is 12.8 Å². The van der Waals surface area contributed by atoms with Crippen molar-refractivity contribution in [3.63, 3.8) is 0 Å². The van der Waals surface area contributed by atoms with E-state index < -0.39 is 0 Å². The Balaban J connectivity index is 3.01. The Labute approximate surface area is 118 Å². The topological polar surface area (TPSA) is 17.1 Å². The summed E-state index contributed by atoms with van der Waals surface area (Å²) in [7, 11) is 0. The molecule has 106 valence electrons. The predicted molar refractivity (Wildman–Crippen MR) is 82.8 cm³/mol. The number of carbonyl (C=O) groups excluding carboxylic acids is 1. The maximum Gasteiger partial charge on any atom is 0.150 e. The first-order valence-corrected chi connectivity index (χ1v) is 7.52. The molecule has 0 spiro atoms. The van der Waals surface area contributed by atoms with Gasteiger partial charge in [-0.3, -0.25) is 4.79 Å². The first-order chi connectivity index (χ1) is 8.96. The zero-order valence-corrected chi connectivity index (χ0v) is 13.1. The molecular weight excluding hydrogens is 232 g/mol. The smallest absolute Gasteiger partial charge is 0.150 e. The van der Waals surface area contributed by atoms with E-state index in [0.717, 1.165) is 24.7 Å². The van der Waals surface area contributed by atoms with E-state index in [1.807, 2.05) is 12.1 Å². The van der Waals surface area contributed by atoms with Gasteiger partial charge in [-0.1, -0.05) is 59.2 Å². The summed E-state index contributed by atoms with van der Waals surface area (Å²) in [5.41, 5.74) is 3.79. The molecule has 0 amide bonds. The first kappa shape index (κ1) is 15.9. The SMILES string of the molecule is CCCC(C)(C)C(C)Cc1c(C=O)cccc1CC. The van der Waals surface area contributed by atoms with Crippen LogP contribution in [0.4, 0.5) is 0 Å². The Morgan fingerprint density at radius 2 is 1.95 bits per heavy atom. The van der Waals surface area contributed by atoms with E-state index >= 15 is 0 Å². The maximum absolute atomic E-state index is 11.3. The standard InChI is InChI=1S/C18H28O/c1-6-11-18(4,5)14(3)12-17-15(7-2)9-8-10-16(17)13-19/h8-10,13-14H,6-7,11-12H2,1-5H3. The molecule has 1 heteroatoms. The van der Waals surface area contributed by atoms with E-state index in [0.29, 0.717) is 11.3 Å². The largest absolute Gasteiger partial charge is 0.298 e. The average Bonchev–Trinajstić information content (AvgIpc) is 2.38. The Hall–Kier alpha value is -1.11. The third kappa shape index (κ3) is 3.92. The molecule has 1 aromatic carbocycles. The molecule has 19 heavy (non-hydrogen) atoms. The van der Waals surface area contributed by atoms with Crippen LogP contribution in [0.3, 0.4) is 0 Å². The summed E-state index contributed by atoms with van der Waals surface area (Å²) in [6.07, 6.45) is 5.46. The van der Waals surface area contributed by atoms with E-state index in [9.17, 15) is 4.79 Å². The van der Waals surface area contributed by atoms with Crippen LogP contribution in [0.25, 0.3) is 0 Å². The molecular formula is C18H28O. The molecule has 0 N–H and O–H groups in total. The summed E-state index contributed by atoms with van der Waals surface area (Å²) in [6.45, 7) is 11.4. The molecule has 0 fully saturated rings. The minimum Gasteiger partial charge on any atom is -0.298 e. The maximum atomic E-state index is 11.3. The average molecular weight is 260 g/mol. The van der Waals surface area contributed by atoms with Crippen molar-refractivity contribution in [1.29, 1.82) is 0 Å². The minimum atomic E-state index is 0.329. The van der Waals surface area contributed by atoms with Gasteiger partial charge in [0.15, 0.2) is 0 Å². The highest BCUT2D eigenvalue weighted by atomic mass is 16.1. The molecule has 1 nitrogen and oxygen atoms in total. The summed E-state index contributed by atoms with van der Waals surface area (Å²) in [5.74, 6) is 0.582. The van der Waals surface area contributed by atoms with Crippen molar-refractivity contribution in [2.75, 3.05) is 0 Å². The molecule has 0 bridgehead atoms. The van der Waals surface area contributed by atoms with Crippen LogP contribution in [-0.4, -0.2) is 6.29 Å². The quantitative estimate of drug-likeness (QED) is 0.626. The van der Waals surface area contributed by atoms with E-state index in [-0.39, 0.29) is 0 Å². The second-order valence-corrected chi connectivity index (χ2v) is 6.30. The van der Waals surface area contributed by atoms with Gasteiger partial charge in [-0.15, -0.1) is 0 Å². The number of benzene rings is 1. The van der Waals surface area contributed by atoms with Crippen LogP contribution < -0.4 is 0 Å². The van der Waals surface area contributed by atoms with E-state index in [1.54, 1.807) is 0 Å². The molecule has 0 saturated heterocycles. The van der Waals surface area contributed by atoms with Crippen molar-refractivity contribution < 1.29 is 4.79 Å². The van der Waals surface area contributed by atoms with E-state index in [2.05, 4.69) is 40.7 Å². The first-order valence-electron chi connectivity index (χ1n) is 7.52. The van der Waals surface area contributed by atoms with Gasteiger partial charge in [-0.25, -0.2) is 0 Å². The molecule has 0 heterocycles. The Morgan fingerprint density at radius 1 is 1.26 bits per heavy atom. The second-order valence-electron chi connectivity index (χ2n) is 6.30. The van der Waals surface area contributed by atoms with Crippen LogP contribution in [0.1, 0.15) is 68.9 Å². The van der Waals surface area contributed by atoms with Crippen molar-refractivity contribution in [1.82, 2.24) is 0 Å². The van der Waals surface area contributed by atoms with Crippen LogP contribution in [0.15, 0.2) is 18.2 Å². The van der Waals surface area contributed by atoms with Crippen molar-refractivity contribution in [3.05, 3.63) is 34.9 Å². The molecule has 0 aliphatic carbocycles. The molecule has 1 unspecified atom stereocenters. The van der Waals surface area contributed by atoms with Gasteiger partial charge in [0.1, 0.15) is 6.29 Å². The van der Waals surface area contributed by atoms with Gasteiger partial charge in [0.05, 0.1) is 0 Å². The lowest BCUT2D eigenvalue weighted by Gasteiger charge is -2.32. The van der Waals surface area contributed by atoms with Gasteiger partial charge in [0.2, 0.25) is 0 Å². The molecule has 0 aliphatic rings. The van der Waals surface area contributed by atoms with Crippen LogP contribution in [0.2, 0.25) is 0 Å². The lowest BCUT2D eigenvalue weighted by molar-refractivity contribution is 0.112. The number of aldehydes is 1. The van der Waals surface area contributed by atoms with Gasteiger partial charge in [-0.2, -0.15) is 0 Å². The van der Waals surface area contributed by atoms with Gasteiger partial charge < -0.3 is 0 Å². The lowest BCUT2D eigenvalue weighted by atomic mass is 9.73.